The Hall–Kier alpha value is -1.90. The molecule has 1 aromatic carbocycles. The van der Waals surface area contributed by atoms with Crippen LogP contribution in [0.1, 0.15) is 77.5 Å². The number of nitrogens with one attached hydrogen (secondary N) is 1. The molecular weight excluding hydrogens is 318 g/mol. The molecule has 1 heterocycles. The first-order valence-electron chi connectivity index (χ1n) is 10.1. The number of anilines is 1. The molecule has 0 atom stereocenters. The van der Waals surface area contributed by atoms with E-state index in [1.165, 1.54) is 44.1 Å². The monoisotopic (exact) mass is 353 g/mol. The second-order valence-electron chi connectivity index (χ2n) is 8.24. The summed E-state index contributed by atoms with van der Waals surface area (Å²) in [7, 11) is 0. The van der Waals surface area contributed by atoms with Gasteiger partial charge in [0.25, 0.3) is 0 Å². The maximum absolute atomic E-state index is 4.72. The van der Waals surface area contributed by atoms with Gasteiger partial charge in [0.2, 0.25) is 0 Å². The van der Waals surface area contributed by atoms with Crippen molar-refractivity contribution in [2.75, 3.05) is 11.9 Å². The van der Waals surface area contributed by atoms with Crippen molar-refractivity contribution in [3.63, 3.8) is 0 Å². The summed E-state index contributed by atoms with van der Waals surface area (Å²) in [6.07, 6.45) is 7.84. The highest BCUT2D eigenvalue weighted by molar-refractivity contribution is 5.58. The number of hydrogen-bond acceptors (Lipinski definition) is 3. The van der Waals surface area contributed by atoms with E-state index in [9.17, 15) is 0 Å². The van der Waals surface area contributed by atoms with Gasteiger partial charge in [0.05, 0.1) is 0 Å². The summed E-state index contributed by atoms with van der Waals surface area (Å²) in [6, 6.07) is 10.7. The number of aryl methyl sites for hydroxylation is 1. The van der Waals surface area contributed by atoms with E-state index in [2.05, 4.69) is 62.3 Å². The van der Waals surface area contributed by atoms with Crippen LogP contribution < -0.4 is 5.32 Å². The Labute approximate surface area is 159 Å². The summed E-state index contributed by atoms with van der Waals surface area (Å²) < 4.78 is 0. The molecule has 0 saturated carbocycles. The molecular formula is C23H35N3. The van der Waals surface area contributed by atoms with Gasteiger partial charge in [0.1, 0.15) is 5.82 Å². The first kappa shape index (κ1) is 20.4. The maximum atomic E-state index is 4.72. The first-order valence-corrected chi connectivity index (χ1v) is 10.1. The van der Waals surface area contributed by atoms with Crippen LogP contribution in [-0.2, 0) is 5.41 Å². The minimum atomic E-state index is 0.163. The second-order valence-corrected chi connectivity index (χ2v) is 8.24. The molecule has 0 aliphatic rings. The Morgan fingerprint density at radius 3 is 2.19 bits per heavy atom. The number of aromatic nitrogens is 2. The molecule has 0 aliphatic carbocycles. The van der Waals surface area contributed by atoms with Crippen molar-refractivity contribution in [3.05, 3.63) is 41.6 Å². The van der Waals surface area contributed by atoms with Crippen LogP contribution in [-0.4, -0.2) is 16.5 Å². The zero-order valence-corrected chi connectivity index (χ0v) is 17.2. The fourth-order valence-electron chi connectivity index (χ4n) is 3.03. The fraction of sp³-hybridized carbons (Fsp3) is 0.565. The summed E-state index contributed by atoms with van der Waals surface area (Å²) in [5.74, 6) is 1.73. The van der Waals surface area contributed by atoms with Crippen LogP contribution in [0.5, 0.6) is 0 Å². The van der Waals surface area contributed by atoms with Gasteiger partial charge < -0.3 is 5.32 Å². The highest BCUT2D eigenvalue weighted by Crippen LogP contribution is 2.25. The van der Waals surface area contributed by atoms with Gasteiger partial charge in [-0.05, 0) is 24.3 Å². The first-order chi connectivity index (χ1) is 12.4. The lowest BCUT2D eigenvalue weighted by molar-refractivity contribution is 0.590. The standard InChI is InChI=1S/C23H35N3/c1-6-7-8-9-10-11-16-24-21-17-18(2)25-22(26-21)19-12-14-20(15-13-19)23(3,4)5/h12-15,17H,6-11,16H2,1-5H3,(H,24,25,26). The topological polar surface area (TPSA) is 37.8 Å². The number of benzene rings is 1. The SMILES string of the molecule is CCCCCCCCNc1cc(C)nc(-c2ccc(C(C)(C)C)cc2)n1. The van der Waals surface area contributed by atoms with E-state index >= 15 is 0 Å². The number of nitrogens with zero attached hydrogens (tertiary/aromatic N) is 2. The molecule has 0 unspecified atom stereocenters. The fourth-order valence-corrected chi connectivity index (χ4v) is 3.03. The average molecular weight is 354 g/mol. The number of unbranched alkanes of at least 4 members (excludes halogenated alkanes) is 5. The summed E-state index contributed by atoms with van der Waals surface area (Å²) in [5.41, 5.74) is 3.57. The summed E-state index contributed by atoms with van der Waals surface area (Å²) in [5, 5.41) is 3.47. The largest absolute Gasteiger partial charge is 0.370 e. The Morgan fingerprint density at radius 2 is 1.54 bits per heavy atom. The number of hydrogen-bond donors (Lipinski definition) is 1. The quantitative estimate of drug-likeness (QED) is 0.521. The smallest absolute Gasteiger partial charge is 0.161 e. The van der Waals surface area contributed by atoms with Crippen molar-refractivity contribution in [2.24, 2.45) is 0 Å². The molecule has 2 rings (SSSR count). The highest BCUT2D eigenvalue weighted by Gasteiger charge is 2.13. The Morgan fingerprint density at radius 1 is 0.885 bits per heavy atom. The Balaban J connectivity index is 1.96. The van der Waals surface area contributed by atoms with Gasteiger partial charge in [0, 0.05) is 23.9 Å². The van der Waals surface area contributed by atoms with Crippen LogP contribution in [0, 0.1) is 6.92 Å². The van der Waals surface area contributed by atoms with E-state index in [-0.39, 0.29) is 5.41 Å². The third-order valence-electron chi connectivity index (χ3n) is 4.70. The van der Waals surface area contributed by atoms with Crippen LogP contribution in [0.3, 0.4) is 0 Å². The van der Waals surface area contributed by atoms with Gasteiger partial charge in [-0.15, -0.1) is 0 Å². The van der Waals surface area contributed by atoms with Crippen molar-refractivity contribution in [1.82, 2.24) is 9.97 Å². The van der Waals surface area contributed by atoms with Gasteiger partial charge in [0.15, 0.2) is 5.82 Å². The van der Waals surface area contributed by atoms with Crippen molar-refractivity contribution >= 4 is 5.82 Å². The van der Waals surface area contributed by atoms with Gasteiger partial charge in [-0.25, -0.2) is 9.97 Å². The van der Waals surface area contributed by atoms with E-state index in [1.807, 2.05) is 13.0 Å². The van der Waals surface area contributed by atoms with E-state index in [0.717, 1.165) is 29.4 Å². The van der Waals surface area contributed by atoms with Crippen LogP contribution in [0.25, 0.3) is 11.4 Å². The molecule has 142 valence electrons. The van der Waals surface area contributed by atoms with E-state index in [1.54, 1.807) is 0 Å². The maximum Gasteiger partial charge on any atom is 0.161 e. The normalized spacial score (nSPS) is 11.6. The predicted octanol–water partition coefficient (Wildman–Crippen LogP) is 6.52. The zero-order valence-electron chi connectivity index (χ0n) is 17.2. The van der Waals surface area contributed by atoms with Gasteiger partial charge in [-0.1, -0.05) is 84.1 Å². The molecule has 0 saturated heterocycles. The van der Waals surface area contributed by atoms with Crippen molar-refractivity contribution in [1.29, 1.82) is 0 Å². The molecule has 0 aliphatic heterocycles. The third-order valence-corrected chi connectivity index (χ3v) is 4.70. The van der Waals surface area contributed by atoms with Gasteiger partial charge in [-0.3, -0.25) is 0 Å². The molecule has 0 spiro atoms. The van der Waals surface area contributed by atoms with Gasteiger partial charge in [-0.2, -0.15) is 0 Å². The van der Waals surface area contributed by atoms with Crippen LogP contribution in [0.2, 0.25) is 0 Å². The average Bonchev–Trinajstić information content (AvgIpc) is 2.60. The molecule has 0 bridgehead atoms. The summed E-state index contributed by atoms with van der Waals surface area (Å²) >= 11 is 0. The van der Waals surface area contributed by atoms with Crippen molar-refractivity contribution < 1.29 is 0 Å². The molecule has 3 heteroatoms. The molecule has 26 heavy (non-hydrogen) atoms. The van der Waals surface area contributed by atoms with Crippen LogP contribution >= 0.6 is 0 Å². The third kappa shape index (κ3) is 6.44. The molecule has 1 aromatic heterocycles. The summed E-state index contributed by atoms with van der Waals surface area (Å²) in [6.45, 7) is 12.0. The van der Waals surface area contributed by atoms with E-state index < -0.39 is 0 Å². The predicted molar refractivity (Wildman–Crippen MR) is 113 cm³/mol. The molecule has 2 aromatic rings. The molecule has 1 N–H and O–H groups in total. The summed E-state index contributed by atoms with van der Waals surface area (Å²) in [4.78, 5) is 9.34. The molecule has 3 nitrogen and oxygen atoms in total. The second kappa shape index (κ2) is 9.70. The Kier molecular flexibility index (Phi) is 7.62. The van der Waals surface area contributed by atoms with Crippen molar-refractivity contribution in [3.8, 4) is 11.4 Å². The number of rotatable bonds is 9. The highest BCUT2D eigenvalue weighted by atomic mass is 15.0. The molecule has 0 amide bonds. The van der Waals surface area contributed by atoms with E-state index in [4.69, 9.17) is 4.98 Å². The molecule has 0 radical (unpaired) electrons. The van der Waals surface area contributed by atoms with Crippen LogP contribution in [0.4, 0.5) is 5.82 Å². The van der Waals surface area contributed by atoms with Gasteiger partial charge >= 0.3 is 0 Å². The Bertz CT molecular complexity index is 669. The lowest BCUT2D eigenvalue weighted by Crippen LogP contribution is -2.10. The molecule has 0 fully saturated rings. The lowest BCUT2D eigenvalue weighted by atomic mass is 9.87. The minimum absolute atomic E-state index is 0.163. The zero-order chi connectivity index (χ0) is 19.0. The minimum Gasteiger partial charge on any atom is -0.370 e. The lowest BCUT2D eigenvalue weighted by Gasteiger charge is -2.19. The van der Waals surface area contributed by atoms with Crippen LogP contribution in [0.15, 0.2) is 30.3 Å². The van der Waals surface area contributed by atoms with E-state index in [0.29, 0.717) is 0 Å². The van der Waals surface area contributed by atoms with Crippen molar-refractivity contribution in [2.45, 2.75) is 78.6 Å².